The molecule has 0 aliphatic carbocycles. The first-order valence-corrected chi connectivity index (χ1v) is 14.5. The van der Waals surface area contributed by atoms with Crippen LogP contribution in [-0.4, -0.2) is 0 Å². The summed E-state index contributed by atoms with van der Waals surface area (Å²) in [7, 11) is 0. The molecule has 1 aromatic heterocycles. The zero-order valence-corrected chi connectivity index (χ0v) is 23.7. The lowest BCUT2D eigenvalue weighted by atomic mass is 9.85. The van der Waals surface area contributed by atoms with Crippen molar-refractivity contribution in [1.29, 1.82) is 0 Å². The van der Waals surface area contributed by atoms with Crippen LogP contribution in [0.5, 0.6) is 0 Å². The smallest absolute Gasteiger partial charge is 0.136 e. The van der Waals surface area contributed by atoms with Crippen molar-refractivity contribution in [3.05, 3.63) is 170 Å². The Balaban J connectivity index is 1.33. The molecule has 9 rings (SSSR count). The van der Waals surface area contributed by atoms with Crippen molar-refractivity contribution in [2.75, 3.05) is 0 Å². The lowest BCUT2D eigenvalue weighted by Gasteiger charge is -2.18. The SMILES string of the molecule is [2H]c1c([2H])c([2H])c(-c2c([2H])c([2H])c([2H])c3oc4c([2H])c(-c5cccc(-c6c7ccccc7c(-c7ccccc7)c7ccccc67)c5)c([2H])c([2H])c4c23)c([2H])c1[2H]. The average Bonchev–Trinajstić information content (AvgIpc) is 3.62. The van der Waals surface area contributed by atoms with Gasteiger partial charge < -0.3 is 4.42 Å². The van der Waals surface area contributed by atoms with Crippen LogP contribution in [0, 0.1) is 0 Å². The molecule has 8 aromatic carbocycles. The van der Waals surface area contributed by atoms with Gasteiger partial charge in [-0.2, -0.15) is 0 Å². The van der Waals surface area contributed by atoms with E-state index in [-0.39, 0.29) is 45.2 Å². The minimum atomic E-state index is -0.659. The number of hydrogen-bond donors (Lipinski definition) is 0. The highest BCUT2D eigenvalue weighted by Crippen LogP contribution is 2.44. The van der Waals surface area contributed by atoms with Gasteiger partial charge >= 0.3 is 0 Å². The molecular weight excluding hydrogens is 544 g/mol. The fourth-order valence-corrected chi connectivity index (χ4v) is 6.34. The molecule has 0 saturated heterocycles. The van der Waals surface area contributed by atoms with Crippen molar-refractivity contribution in [1.82, 2.24) is 0 Å². The molecule has 45 heavy (non-hydrogen) atoms. The van der Waals surface area contributed by atoms with Gasteiger partial charge in [-0.15, -0.1) is 0 Å². The van der Waals surface area contributed by atoms with Gasteiger partial charge in [0.1, 0.15) is 11.2 Å². The molecule has 210 valence electrons. The fraction of sp³-hybridized carbons (Fsp3) is 0. The lowest BCUT2D eigenvalue weighted by Crippen LogP contribution is -1.91. The maximum Gasteiger partial charge on any atom is 0.136 e. The van der Waals surface area contributed by atoms with Gasteiger partial charge in [0.2, 0.25) is 0 Å². The Morgan fingerprint density at radius 2 is 1.02 bits per heavy atom. The van der Waals surface area contributed by atoms with E-state index in [9.17, 15) is 4.11 Å². The van der Waals surface area contributed by atoms with Crippen molar-refractivity contribution in [3.8, 4) is 44.5 Å². The lowest BCUT2D eigenvalue weighted by molar-refractivity contribution is 0.669. The molecule has 0 aliphatic heterocycles. The molecular formula is C44H28O. The second kappa shape index (κ2) is 10.4. The highest BCUT2D eigenvalue weighted by atomic mass is 16.3. The van der Waals surface area contributed by atoms with E-state index in [4.69, 9.17) is 15.4 Å². The molecule has 0 aliphatic rings. The molecule has 9 aromatic rings. The van der Waals surface area contributed by atoms with Crippen LogP contribution in [0.2, 0.25) is 0 Å². The summed E-state index contributed by atoms with van der Waals surface area (Å²) in [5.74, 6) is 0. The summed E-state index contributed by atoms with van der Waals surface area (Å²) in [4.78, 5) is 0. The van der Waals surface area contributed by atoms with E-state index in [1.54, 1.807) is 6.07 Å². The van der Waals surface area contributed by atoms with Crippen LogP contribution in [0.15, 0.2) is 174 Å². The number of benzene rings is 8. The van der Waals surface area contributed by atoms with Gasteiger partial charge in [0.05, 0.1) is 15.1 Å². The normalized spacial score (nSPS) is 15.0. The standard InChI is InChI=1S/C44H28O/c1-3-13-29(14-4-1)34-23-12-24-40-44(34)39-26-25-32(28-41(39)45-40)31-17-11-18-33(27-31)43-37-21-9-7-19-35(37)42(30-15-5-2-6-16-30)36-20-8-10-22-38(36)43/h1-28H/i1D,3D,4D,12D,13D,14D,23D,24D,25D,26D,28D. The summed E-state index contributed by atoms with van der Waals surface area (Å²) in [5, 5.41) is 3.88. The highest BCUT2D eigenvalue weighted by Gasteiger charge is 2.17. The third kappa shape index (κ3) is 4.17. The van der Waals surface area contributed by atoms with Crippen molar-refractivity contribution >= 4 is 43.5 Å². The number of hydrogen-bond acceptors (Lipinski definition) is 1. The van der Waals surface area contributed by atoms with Crippen LogP contribution in [0.25, 0.3) is 88.0 Å². The van der Waals surface area contributed by atoms with Gasteiger partial charge in [-0.25, -0.2) is 0 Å². The van der Waals surface area contributed by atoms with Crippen molar-refractivity contribution in [3.63, 3.8) is 0 Å². The molecule has 1 heterocycles. The van der Waals surface area contributed by atoms with Crippen LogP contribution < -0.4 is 0 Å². The summed E-state index contributed by atoms with van der Waals surface area (Å²) >= 11 is 0. The summed E-state index contributed by atoms with van der Waals surface area (Å²) in [6.45, 7) is 0. The van der Waals surface area contributed by atoms with Gasteiger partial charge in [-0.1, -0.05) is 145 Å². The zero-order chi connectivity index (χ0) is 39.3. The quantitative estimate of drug-likeness (QED) is 0.188. The predicted octanol–water partition coefficient (Wildman–Crippen LogP) is 12.6. The van der Waals surface area contributed by atoms with Crippen molar-refractivity contribution in [2.45, 2.75) is 0 Å². The number of furan rings is 1. The monoisotopic (exact) mass is 583 g/mol. The zero-order valence-electron chi connectivity index (χ0n) is 34.7. The number of fused-ring (bicyclic) bond motifs is 5. The van der Waals surface area contributed by atoms with E-state index in [2.05, 4.69) is 36.4 Å². The predicted molar refractivity (Wildman–Crippen MR) is 190 cm³/mol. The number of rotatable bonds is 4. The molecule has 0 bridgehead atoms. The molecule has 0 fully saturated rings. The largest absolute Gasteiger partial charge is 0.456 e. The summed E-state index contributed by atoms with van der Waals surface area (Å²) in [5.41, 5.74) is 3.36. The summed E-state index contributed by atoms with van der Waals surface area (Å²) in [6, 6.07) is 28.1. The molecule has 0 radical (unpaired) electrons. The molecule has 0 atom stereocenters. The molecule has 1 nitrogen and oxygen atoms in total. The summed E-state index contributed by atoms with van der Waals surface area (Å²) in [6.07, 6.45) is 0. The van der Waals surface area contributed by atoms with Crippen LogP contribution in [-0.2, 0) is 0 Å². The Kier molecular flexibility index (Phi) is 3.87. The van der Waals surface area contributed by atoms with Crippen molar-refractivity contribution < 1.29 is 19.5 Å². The van der Waals surface area contributed by atoms with E-state index in [1.165, 1.54) is 0 Å². The van der Waals surface area contributed by atoms with E-state index in [0.717, 1.165) is 43.8 Å². The van der Waals surface area contributed by atoms with Gasteiger partial charge in [0.25, 0.3) is 0 Å². The van der Waals surface area contributed by atoms with E-state index in [0.29, 0.717) is 5.56 Å². The molecule has 0 amide bonds. The van der Waals surface area contributed by atoms with Crippen molar-refractivity contribution in [2.24, 2.45) is 0 Å². The minimum absolute atomic E-state index is 0.0889. The first-order valence-electron chi connectivity index (χ1n) is 20.0. The van der Waals surface area contributed by atoms with E-state index < -0.39 is 59.9 Å². The Hall–Kier alpha value is -5.92. The second-order valence-electron chi connectivity index (χ2n) is 10.8. The van der Waals surface area contributed by atoms with Crippen LogP contribution >= 0.6 is 0 Å². The Bertz CT molecular complexity index is 3070. The fourth-order valence-electron chi connectivity index (χ4n) is 6.34. The van der Waals surface area contributed by atoms with Gasteiger partial charge in [-0.3, -0.25) is 0 Å². The molecule has 0 N–H and O–H groups in total. The molecule has 0 unspecified atom stereocenters. The highest BCUT2D eigenvalue weighted by molar-refractivity contribution is 6.21. The maximum atomic E-state index is 9.43. The topological polar surface area (TPSA) is 13.1 Å². The van der Waals surface area contributed by atoms with Crippen LogP contribution in [0.1, 0.15) is 15.1 Å². The van der Waals surface area contributed by atoms with Crippen LogP contribution in [0.4, 0.5) is 0 Å². The van der Waals surface area contributed by atoms with E-state index >= 15 is 0 Å². The average molecular weight is 584 g/mol. The van der Waals surface area contributed by atoms with Gasteiger partial charge in [-0.05, 0) is 90.2 Å². The third-order valence-electron chi connectivity index (χ3n) is 8.26. The Morgan fingerprint density at radius 3 is 1.73 bits per heavy atom. The molecule has 1 heteroatoms. The second-order valence-corrected chi connectivity index (χ2v) is 10.8. The van der Waals surface area contributed by atoms with Crippen LogP contribution in [0.3, 0.4) is 0 Å². The third-order valence-corrected chi connectivity index (χ3v) is 8.26. The van der Waals surface area contributed by atoms with E-state index in [1.807, 2.05) is 60.7 Å². The maximum absolute atomic E-state index is 9.43. The first-order chi connectivity index (χ1) is 26.9. The Morgan fingerprint density at radius 1 is 0.400 bits per heavy atom. The summed E-state index contributed by atoms with van der Waals surface area (Å²) < 4.78 is 102. The molecule has 0 spiro atoms. The Labute approximate surface area is 277 Å². The van der Waals surface area contributed by atoms with Gasteiger partial charge in [0.15, 0.2) is 0 Å². The van der Waals surface area contributed by atoms with Gasteiger partial charge in [0, 0.05) is 10.8 Å². The first kappa shape index (κ1) is 16.8. The molecule has 0 saturated carbocycles. The minimum Gasteiger partial charge on any atom is -0.456 e.